The minimum absolute atomic E-state index is 0.705. The van der Waals surface area contributed by atoms with E-state index in [-0.39, 0.29) is 0 Å². The predicted molar refractivity (Wildman–Crippen MR) is 65.2 cm³/mol. The maximum Gasteiger partial charge on any atom is 0.140 e. The lowest BCUT2D eigenvalue weighted by atomic mass is 10.1. The van der Waals surface area contributed by atoms with E-state index in [1.165, 1.54) is 5.56 Å². The summed E-state index contributed by atoms with van der Waals surface area (Å²) in [5, 5.41) is 7.36. The van der Waals surface area contributed by atoms with Crippen LogP contribution in [-0.4, -0.2) is 19.7 Å². The number of hydrogen-bond donors (Lipinski definition) is 1. The van der Waals surface area contributed by atoms with Gasteiger partial charge >= 0.3 is 0 Å². The van der Waals surface area contributed by atoms with Gasteiger partial charge in [0.1, 0.15) is 12.2 Å². The summed E-state index contributed by atoms with van der Waals surface area (Å²) in [6.45, 7) is 3.61. The molecule has 2 heterocycles. The minimum atomic E-state index is 0.705. The highest BCUT2D eigenvalue weighted by molar-refractivity contribution is 5.19. The van der Waals surface area contributed by atoms with E-state index in [2.05, 4.69) is 33.4 Å². The lowest BCUT2D eigenvalue weighted by Gasteiger charge is -2.07. The van der Waals surface area contributed by atoms with Gasteiger partial charge in [0.05, 0.1) is 12.2 Å². The number of aromatic nitrogens is 4. The van der Waals surface area contributed by atoms with Gasteiger partial charge in [-0.15, -0.1) is 0 Å². The Morgan fingerprint density at radius 2 is 2.18 bits per heavy atom. The molecule has 5 nitrogen and oxygen atoms in total. The SMILES string of the molecule is CCc1cccnc1CNCc1ncnn1C. The quantitative estimate of drug-likeness (QED) is 0.836. The van der Waals surface area contributed by atoms with Crippen molar-refractivity contribution >= 4 is 0 Å². The molecule has 0 amide bonds. The van der Waals surface area contributed by atoms with Gasteiger partial charge in [-0.3, -0.25) is 9.67 Å². The molecule has 0 aromatic carbocycles. The fourth-order valence-corrected chi connectivity index (χ4v) is 1.73. The molecule has 0 bridgehead atoms. The second kappa shape index (κ2) is 5.54. The average molecular weight is 231 g/mol. The van der Waals surface area contributed by atoms with Crippen LogP contribution in [0.4, 0.5) is 0 Å². The molecule has 2 aromatic heterocycles. The van der Waals surface area contributed by atoms with E-state index < -0.39 is 0 Å². The van der Waals surface area contributed by atoms with Crippen LogP contribution in [0.25, 0.3) is 0 Å². The second-order valence-electron chi connectivity index (χ2n) is 3.87. The maximum atomic E-state index is 4.39. The average Bonchev–Trinajstić information content (AvgIpc) is 2.76. The monoisotopic (exact) mass is 231 g/mol. The summed E-state index contributed by atoms with van der Waals surface area (Å²) < 4.78 is 1.77. The molecular formula is C12H17N5. The fraction of sp³-hybridized carbons (Fsp3) is 0.417. The Hall–Kier alpha value is -1.75. The van der Waals surface area contributed by atoms with Crippen LogP contribution in [-0.2, 0) is 26.6 Å². The van der Waals surface area contributed by atoms with E-state index >= 15 is 0 Å². The molecule has 2 rings (SSSR count). The first-order chi connectivity index (χ1) is 8.31. The first-order valence-electron chi connectivity index (χ1n) is 5.77. The molecule has 17 heavy (non-hydrogen) atoms. The number of nitrogens with zero attached hydrogens (tertiary/aromatic N) is 4. The summed E-state index contributed by atoms with van der Waals surface area (Å²) in [5.74, 6) is 0.930. The molecule has 0 saturated carbocycles. The Balaban J connectivity index is 1.92. The van der Waals surface area contributed by atoms with Gasteiger partial charge < -0.3 is 5.32 Å². The zero-order valence-electron chi connectivity index (χ0n) is 10.2. The number of aryl methyl sites for hydroxylation is 2. The molecule has 0 aliphatic heterocycles. The second-order valence-corrected chi connectivity index (χ2v) is 3.87. The lowest BCUT2D eigenvalue weighted by molar-refractivity contribution is 0.606. The zero-order chi connectivity index (χ0) is 12.1. The van der Waals surface area contributed by atoms with Crippen LogP contribution in [0, 0.1) is 0 Å². The van der Waals surface area contributed by atoms with Crippen LogP contribution < -0.4 is 5.32 Å². The Kier molecular flexibility index (Phi) is 3.82. The molecule has 0 unspecified atom stereocenters. The van der Waals surface area contributed by atoms with Gasteiger partial charge in [0.2, 0.25) is 0 Å². The number of nitrogens with one attached hydrogen (secondary N) is 1. The summed E-state index contributed by atoms with van der Waals surface area (Å²) in [4.78, 5) is 8.54. The number of rotatable bonds is 5. The van der Waals surface area contributed by atoms with Gasteiger partial charge in [-0.2, -0.15) is 5.10 Å². The molecule has 0 fully saturated rings. The standard InChI is InChI=1S/C12H17N5/c1-3-10-5-4-6-14-11(10)7-13-8-12-15-9-16-17(12)2/h4-6,9,13H,3,7-8H2,1-2H3. The molecule has 0 aliphatic carbocycles. The third-order valence-corrected chi connectivity index (χ3v) is 2.75. The summed E-state index contributed by atoms with van der Waals surface area (Å²) >= 11 is 0. The van der Waals surface area contributed by atoms with Crippen molar-refractivity contribution in [2.45, 2.75) is 26.4 Å². The van der Waals surface area contributed by atoms with E-state index in [0.29, 0.717) is 6.54 Å². The molecule has 5 heteroatoms. The van der Waals surface area contributed by atoms with E-state index in [9.17, 15) is 0 Å². The summed E-state index contributed by atoms with van der Waals surface area (Å²) in [6.07, 6.45) is 4.41. The van der Waals surface area contributed by atoms with Crippen LogP contribution in [0.5, 0.6) is 0 Å². The van der Waals surface area contributed by atoms with Crippen molar-refractivity contribution in [3.63, 3.8) is 0 Å². The minimum Gasteiger partial charge on any atom is -0.304 e. The Morgan fingerprint density at radius 3 is 2.88 bits per heavy atom. The van der Waals surface area contributed by atoms with Crippen molar-refractivity contribution in [1.29, 1.82) is 0 Å². The van der Waals surface area contributed by atoms with Crippen molar-refractivity contribution in [3.8, 4) is 0 Å². The molecule has 0 radical (unpaired) electrons. The summed E-state index contributed by atoms with van der Waals surface area (Å²) in [5.41, 5.74) is 2.40. The van der Waals surface area contributed by atoms with Gasteiger partial charge in [-0.25, -0.2) is 4.98 Å². The van der Waals surface area contributed by atoms with Crippen molar-refractivity contribution in [2.24, 2.45) is 7.05 Å². The largest absolute Gasteiger partial charge is 0.304 e. The van der Waals surface area contributed by atoms with E-state index in [0.717, 1.165) is 24.5 Å². The maximum absolute atomic E-state index is 4.39. The molecule has 90 valence electrons. The van der Waals surface area contributed by atoms with Crippen LogP contribution in [0.1, 0.15) is 24.0 Å². The van der Waals surface area contributed by atoms with Gasteiger partial charge in [0, 0.05) is 19.8 Å². The molecule has 0 spiro atoms. The highest BCUT2D eigenvalue weighted by Crippen LogP contribution is 2.05. The van der Waals surface area contributed by atoms with Crippen molar-refractivity contribution in [2.75, 3.05) is 0 Å². The van der Waals surface area contributed by atoms with Gasteiger partial charge in [0.25, 0.3) is 0 Å². The van der Waals surface area contributed by atoms with Crippen LogP contribution >= 0.6 is 0 Å². The van der Waals surface area contributed by atoms with E-state index in [1.54, 1.807) is 11.0 Å². The van der Waals surface area contributed by atoms with Gasteiger partial charge in [-0.1, -0.05) is 13.0 Å². The van der Waals surface area contributed by atoms with Gasteiger partial charge in [-0.05, 0) is 18.1 Å². The van der Waals surface area contributed by atoms with E-state index in [1.807, 2.05) is 19.3 Å². The van der Waals surface area contributed by atoms with Gasteiger partial charge in [0.15, 0.2) is 0 Å². The van der Waals surface area contributed by atoms with Crippen molar-refractivity contribution < 1.29 is 0 Å². The normalized spacial score (nSPS) is 10.7. The lowest BCUT2D eigenvalue weighted by Crippen LogP contribution is -2.17. The molecule has 0 aliphatic rings. The zero-order valence-corrected chi connectivity index (χ0v) is 10.2. The highest BCUT2D eigenvalue weighted by atomic mass is 15.3. The fourth-order valence-electron chi connectivity index (χ4n) is 1.73. The molecule has 2 aromatic rings. The third-order valence-electron chi connectivity index (χ3n) is 2.75. The summed E-state index contributed by atoms with van der Waals surface area (Å²) in [6, 6.07) is 4.09. The molecule has 0 atom stereocenters. The summed E-state index contributed by atoms with van der Waals surface area (Å²) in [7, 11) is 1.89. The molecular weight excluding hydrogens is 214 g/mol. The predicted octanol–water partition coefficient (Wildman–Crippen LogP) is 1.06. The van der Waals surface area contributed by atoms with Crippen molar-refractivity contribution in [3.05, 3.63) is 41.7 Å². The number of hydrogen-bond acceptors (Lipinski definition) is 4. The Morgan fingerprint density at radius 1 is 1.29 bits per heavy atom. The molecule has 0 saturated heterocycles. The Bertz CT molecular complexity index is 477. The topological polar surface area (TPSA) is 55.6 Å². The smallest absolute Gasteiger partial charge is 0.140 e. The van der Waals surface area contributed by atoms with Crippen LogP contribution in [0.2, 0.25) is 0 Å². The van der Waals surface area contributed by atoms with Crippen LogP contribution in [0.15, 0.2) is 24.7 Å². The third kappa shape index (κ3) is 2.88. The highest BCUT2D eigenvalue weighted by Gasteiger charge is 2.03. The molecule has 1 N–H and O–H groups in total. The number of pyridine rings is 1. The Labute approximate surface area is 101 Å². The van der Waals surface area contributed by atoms with Crippen LogP contribution in [0.3, 0.4) is 0 Å². The van der Waals surface area contributed by atoms with Crippen molar-refractivity contribution in [1.82, 2.24) is 25.1 Å². The first-order valence-corrected chi connectivity index (χ1v) is 5.77. The first kappa shape index (κ1) is 11.7. The van der Waals surface area contributed by atoms with E-state index in [4.69, 9.17) is 0 Å².